The summed E-state index contributed by atoms with van der Waals surface area (Å²) in [5.74, 6) is 0.724. The lowest BCUT2D eigenvalue weighted by Gasteiger charge is -2.45. The number of benzene rings is 2. The molecule has 0 amide bonds. The van der Waals surface area contributed by atoms with Gasteiger partial charge in [-0.15, -0.1) is 0 Å². The van der Waals surface area contributed by atoms with Gasteiger partial charge in [0.05, 0.1) is 22.5 Å². The first-order valence-corrected chi connectivity index (χ1v) is 16.1. The summed E-state index contributed by atoms with van der Waals surface area (Å²) in [6.07, 6.45) is 8.24. The van der Waals surface area contributed by atoms with Crippen molar-refractivity contribution in [3.05, 3.63) is 47.8 Å². The number of ether oxygens (including phenoxy) is 1. The Kier molecular flexibility index (Phi) is 7.29. The second kappa shape index (κ2) is 10.6. The SMILES string of the molecule is COCCN1C2CCC1CC(N1CCC(c3cc4c(cc3F)nc(-c3ccc(S(C)(=O)=O)cc3)n4C)CC1)C2. The number of imidazole rings is 1. The summed E-state index contributed by atoms with van der Waals surface area (Å²) in [6, 6.07) is 12.3. The van der Waals surface area contributed by atoms with Gasteiger partial charge in [-0.25, -0.2) is 17.8 Å². The molecule has 2 unspecified atom stereocenters. The number of piperidine rings is 2. The molecule has 3 aliphatic rings. The Balaban J connectivity index is 1.16. The van der Waals surface area contributed by atoms with Crippen molar-refractivity contribution in [3.63, 3.8) is 0 Å². The number of likely N-dealkylation sites (tertiary alicyclic amines) is 1. The molecule has 3 saturated heterocycles. The molecular weight excluding hydrogens is 515 g/mol. The molecule has 210 valence electrons. The molecule has 3 fully saturated rings. The minimum absolute atomic E-state index is 0.178. The van der Waals surface area contributed by atoms with Crippen LogP contribution in [0.3, 0.4) is 0 Å². The Morgan fingerprint density at radius 2 is 1.67 bits per heavy atom. The smallest absolute Gasteiger partial charge is 0.175 e. The van der Waals surface area contributed by atoms with Crippen molar-refractivity contribution in [3.8, 4) is 11.4 Å². The van der Waals surface area contributed by atoms with Gasteiger partial charge in [0.2, 0.25) is 0 Å². The molecule has 0 saturated carbocycles. The number of sulfone groups is 1. The normalized spacial score (nSPS) is 25.1. The Hall–Kier alpha value is -2.33. The highest BCUT2D eigenvalue weighted by atomic mass is 32.2. The van der Waals surface area contributed by atoms with Gasteiger partial charge in [0.25, 0.3) is 0 Å². The van der Waals surface area contributed by atoms with Gasteiger partial charge in [0.1, 0.15) is 11.6 Å². The summed E-state index contributed by atoms with van der Waals surface area (Å²) in [7, 11) is 0.456. The van der Waals surface area contributed by atoms with E-state index < -0.39 is 9.84 Å². The van der Waals surface area contributed by atoms with Crippen molar-refractivity contribution in [1.82, 2.24) is 19.4 Å². The van der Waals surface area contributed by atoms with Crippen molar-refractivity contribution < 1.29 is 17.5 Å². The maximum Gasteiger partial charge on any atom is 0.175 e. The van der Waals surface area contributed by atoms with Gasteiger partial charge in [0.15, 0.2) is 9.84 Å². The molecule has 2 aromatic carbocycles. The number of hydrogen-bond acceptors (Lipinski definition) is 6. The highest BCUT2D eigenvalue weighted by Crippen LogP contribution is 2.40. The van der Waals surface area contributed by atoms with Gasteiger partial charge in [-0.05, 0) is 93.4 Å². The van der Waals surface area contributed by atoms with E-state index in [0.717, 1.165) is 55.7 Å². The summed E-state index contributed by atoms with van der Waals surface area (Å²) in [4.78, 5) is 10.3. The number of methoxy groups -OCH3 is 1. The predicted molar refractivity (Wildman–Crippen MR) is 151 cm³/mol. The fourth-order valence-corrected chi connectivity index (χ4v) is 7.96. The Bertz CT molecular complexity index is 1430. The number of fused-ring (bicyclic) bond motifs is 3. The highest BCUT2D eigenvalue weighted by molar-refractivity contribution is 7.90. The van der Waals surface area contributed by atoms with E-state index in [1.54, 1.807) is 37.4 Å². The van der Waals surface area contributed by atoms with Gasteiger partial charge >= 0.3 is 0 Å². The van der Waals surface area contributed by atoms with Crippen LogP contribution in [-0.2, 0) is 21.6 Å². The summed E-state index contributed by atoms with van der Waals surface area (Å²) < 4.78 is 46.4. The largest absolute Gasteiger partial charge is 0.383 e. The zero-order valence-electron chi connectivity index (χ0n) is 23.1. The third-order valence-electron chi connectivity index (χ3n) is 9.44. The van der Waals surface area contributed by atoms with E-state index in [1.165, 1.54) is 31.9 Å². The van der Waals surface area contributed by atoms with E-state index >= 15 is 4.39 Å². The topological polar surface area (TPSA) is 67.7 Å². The minimum atomic E-state index is -3.27. The van der Waals surface area contributed by atoms with Crippen molar-refractivity contribution in [1.29, 1.82) is 0 Å². The average molecular weight is 555 g/mol. The van der Waals surface area contributed by atoms with E-state index in [1.807, 2.05) is 17.7 Å². The predicted octanol–water partition coefficient (Wildman–Crippen LogP) is 4.60. The third-order valence-corrected chi connectivity index (χ3v) is 10.6. The summed E-state index contributed by atoms with van der Waals surface area (Å²) in [5.41, 5.74) is 3.11. The van der Waals surface area contributed by atoms with Crippen LogP contribution in [0.15, 0.2) is 41.3 Å². The van der Waals surface area contributed by atoms with Crippen LogP contribution in [0.5, 0.6) is 0 Å². The lowest BCUT2D eigenvalue weighted by molar-refractivity contribution is 0.0319. The first-order valence-electron chi connectivity index (χ1n) is 14.2. The maximum atomic E-state index is 15.4. The molecule has 7 nitrogen and oxygen atoms in total. The number of aromatic nitrogens is 2. The standard InChI is InChI=1S/C30H39FN4O3S/c1-33-29-18-26(27(31)19-28(29)32-30(33)21-4-8-25(9-5-21)39(3,36)37)20-10-12-34(13-11-20)24-16-22-6-7-23(17-24)35(22)14-15-38-2/h4-5,8-9,18-20,22-24H,6-7,10-17H2,1-3H3. The molecule has 4 heterocycles. The minimum Gasteiger partial charge on any atom is -0.383 e. The average Bonchev–Trinajstić information content (AvgIpc) is 3.36. The van der Waals surface area contributed by atoms with E-state index in [9.17, 15) is 8.42 Å². The molecule has 0 aliphatic carbocycles. The van der Waals surface area contributed by atoms with Gasteiger partial charge in [-0.1, -0.05) is 0 Å². The van der Waals surface area contributed by atoms with Crippen LogP contribution >= 0.6 is 0 Å². The molecule has 3 aliphatic heterocycles. The number of aryl methyl sites for hydroxylation is 1. The van der Waals surface area contributed by atoms with E-state index in [0.29, 0.717) is 29.5 Å². The molecule has 6 rings (SSSR count). The lowest BCUT2D eigenvalue weighted by Crippen LogP contribution is -2.52. The molecule has 1 aromatic heterocycles. The van der Waals surface area contributed by atoms with Crippen LogP contribution in [0.2, 0.25) is 0 Å². The van der Waals surface area contributed by atoms with Crippen LogP contribution in [-0.4, -0.2) is 85.5 Å². The van der Waals surface area contributed by atoms with Crippen molar-refractivity contribution in [2.24, 2.45) is 7.05 Å². The first kappa shape index (κ1) is 26.9. The molecule has 2 bridgehead atoms. The van der Waals surface area contributed by atoms with Crippen LogP contribution in [0.4, 0.5) is 4.39 Å². The molecule has 2 atom stereocenters. The highest BCUT2D eigenvalue weighted by Gasteiger charge is 2.42. The van der Waals surface area contributed by atoms with Gasteiger partial charge < -0.3 is 14.2 Å². The fourth-order valence-electron chi connectivity index (χ4n) is 7.33. The van der Waals surface area contributed by atoms with Gasteiger partial charge in [-0.2, -0.15) is 0 Å². The van der Waals surface area contributed by atoms with E-state index in [-0.39, 0.29) is 16.6 Å². The monoisotopic (exact) mass is 554 g/mol. The number of nitrogens with zero attached hydrogens (tertiary/aromatic N) is 4. The van der Waals surface area contributed by atoms with Crippen molar-refractivity contribution in [2.45, 2.75) is 67.5 Å². The van der Waals surface area contributed by atoms with Gasteiger partial charge in [-0.3, -0.25) is 4.90 Å². The maximum absolute atomic E-state index is 15.4. The summed E-state index contributed by atoms with van der Waals surface area (Å²) in [6.45, 7) is 3.90. The van der Waals surface area contributed by atoms with Crippen LogP contribution < -0.4 is 0 Å². The third kappa shape index (κ3) is 5.14. The zero-order chi connectivity index (χ0) is 27.3. The van der Waals surface area contributed by atoms with Gasteiger partial charge in [0, 0.05) is 56.7 Å². The molecule has 9 heteroatoms. The second-order valence-electron chi connectivity index (χ2n) is 11.7. The van der Waals surface area contributed by atoms with Crippen molar-refractivity contribution >= 4 is 20.9 Å². The number of rotatable bonds is 7. The van der Waals surface area contributed by atoms with E-state index in [2.05, 4.69) is 9.80 Å². The van der Waals surface area contributed by atoms with Crippen LogP contribution in [0.1, 0.15) is 50.0 Å². The number of hydrogen-bond donors (Lipinski definition) is 0. The van der Waals surface area contributed by atoms with Crippen LogP contribution in [0.25, 0.3) is 22.4 Å². The number of halogens is 1. The molecule has 0 spiro atoms. The molecule has 0 radical (unpaired) electrons. The Morgan fingerprint density at radius 3 is 2.28 bits per heavy atom. The molecular formula is C30H39FN4O3S. The van der Waals surface area contributed by atoms with Crippen molar-refractivity contribution in [2.75, 3.05) is 39.6 Å². The first-order chi connectivity index (χ1) is 18.7. The molecule has 39 heavy (non-hydrogen) atoms. The summed E-state index contributed by atoms with van der Waals surface area (Å²) >= 11 is 0. The quantitative estimate of drug-likeness (QED) is 0.425. The Morgan fingerprint density at radius 1 is 1.00 bits per heavy atom. The Labute approximate surface area is 230 Å². The molecule has 0 N–H and O–H groups in total. The second-order valence-corrected chi connectivity index (χ2v) is 13.7. The van der Waals surface area contributed by atoms with E-state index in [4.69, 9.17) is 9.72 Å². The molecule has 3 aromatic rings. The zero-order valence-corrected chi connectivity index (χ0v) is 24.0. The van der Waals surface area contributed by atoms with Crippen LogP contribution in [0, 0.1) is 5.82 Å². The summed E-state index contributed by atoms with van der Waals surface area (Å²) in [5, 5.41) is 0. The lowest BCUT2D eigenvalue weighted by atomic mass is 9.86. The fraction of sp³-hybridized carbons (Fsp3) is 0.567.